The highest BCUT2D eigenvalue weighted by molar-refractivity contribution is 6.30. The number of amides is 1. The van der Waals surface area contributed by atoms with Crippen molar-refractivity contribution in [3.05, 3.63) is 34.6 Å². The van der Waals surface area contributed by atoms with Gasteiger partial charge >= 0.3 is 6.09 Å². The van der Waals surface area contributed by atoms with E-state index in [1.54, 1.807) is 17.0 Å². The number of carbonyl (C=O) groups is 1. The van der Waals surface area contributed by atoms with Crippen LogP contribution in [0.5, 0.6) is 0 Å². The number of unbranched alkanes of at least 4 members (excludes halogenated alkanes) is 1. The largest absolute Gasteiger partial charge is 0.449 e. The molecule has 1 fully saturated rings. The zero-order valence-electron chi connectivity index (χ0n) is 15.1. The first-order valence-corrected chi connectivity index (χ1v) is 9.54. The van der Waals surface area contributed by atoms with Crippen molar-refractivity contribution in [3.8, 4) is 0 Å². The minimum atomic E-state index is -0.577. The molecule has 2 atom stereocenters. The highest BCUT2D eigenvalue weighted by Gasteiger charge is 2.33. The van der Waals surface area contributed by atoms with Crippen LogP contribution in [0.15, 0.2) is 18.2 Å². The fraction of sp³-hybridized carbons (Fsp3) is 0.632. The summed E-state index contributed by atoms with van der Waals surface area (Å²) in [6.45, 7) is 3.42. The molecule has 1 heterocycles. The molecule has 1 aromatic carbocycles. The van der Waals surface area contributed by atoms with Crippen LogP contribution in [0.4, 0.5) is 9.18 Å². The third-order valence-corrected chi connectivity index (χ3v) is 4.84. The van der Waals surface area contributed by atoms with Crippen LogP contribution in [0.25, 0.3) is 0 Å². The average Bonchev–Trinajstić information content (AvgIpc) is 2.65. The van der Waals surface area contributed by atoms with Gasteiger partial charge in [0.15, 0.2) is 0 Å². The van der Waals surface area contributed by atoms with Gasteiger partial charge in [-0.2, -0.15) is 0 Å². The maximum Gasteiger partial charge on any atom is 0.409 e. The van der Waals surface area contributed by atoms with Crippen LogP contribution in [0.1, 0.15) is 44.3 Å². The van der Waals surface area contributed by atoms with E-state index in [1.807, 2.05) is 6.92 Å². The zero-order chi connectivity index (χ0) is 18.9. The van der Waals surface area contributed by atoms with Gasteiger partial charge in [0.25, 0.3) is 0 Å². The lowest BCUT2D eigenvalue weighted by Crippen LogP contribution is -2.42. The molecule has 2 unspecified atom stereocenters. The number of nitrogens with zero attached hydrogens (tertiary/aromatic N) is 1. The minimum absolute atomic E-state index is 0.0340. The van der Waals surface area contributed by atoms with Gasteiger partial charge in [0, 0.05) is 24.6 Å². The Bertz CT molecular complexity index is 587. The summed E-state index contributed by atoms with van der Waals surface area (Å²) in [6.07, 6.45) is 2.46. The minimum Gasteiger partial charge on any atom is -0.449 e. The summed E-state index contributed by atoms with van der Waals surface area (Å²) in [5, 5.41) is 9.15. The Morgan fingerprint density at radius 3 is 3.00 bits per heavy atom. The monoisotopic (exact) mass is 387 g/mol. The third-order valence-electron chi connectivity index (χ3n) is 4.54. The molecule has 1 saturated heterocycles. The summed E-state index contributed by atoms with van der Waals surface area (Å²) < 4.78 is 25.6. The molecule has 1 N–H and O–H groups in total. The van der Waals surface area contributed by atoms with E-state index < -0.39 is 11.9 Å². The van der Waals surface area contributed by atoms with Crippen LogP contribution in [-0.4, -0.2) is 49.0 Å². The molecular weight excluding hydrogens is 361 g/mol. The van der Waals surface area contributed by atoms with Crippen LogP contribution in [-0.2, 0) is 9.47 Å². The summed E-state index contributed by atoms with van der Waals surface area (Å²) in [7, 11) is 0. The van der Waals surface area contributed by atoms with Gasteiger partial charge in [0.2, 0.25) is 0 Å². The van der Waals surface area contributed by atoms with Crippen molar-refractivity contribution in [3.63, 3.8) is 0 Å². The molecule has 0 saturated carbocycles. The first kappa shape index (κ1) is 20.9. The number of piperidine rings is 1. The first-order valence-electron chi connectivity index (χ1n) is 9.16. The highest BCUT2D eigenvalue weighted by Crippen LogP contribution is 2.36. The lowest BCUT2D eigenvalue weighted by molar-refractivity contribution is -0.0297. The molecule has 0 aromatic heterocycles. The van der Waals surface area contributed by atoms with E-state index in [9.17, 15) is 9.18 Å². The number of aliphatic hydroxyl groups excluding tert-OH is 1. The summed E-state index contributed by atoms with van der Waals surface area (Å²) in [6, 6.07) is 4.80. The number of ether oxygens (including phenoxy) is 2. The van der Waals surface area contributed by atoms with Crippen molar-refractivity contribution in [2.45, 2.75) is 38.7 Å². The van der Waals surface area contributed by atoms with Crippen molar-refractivity contribution < 1.29 is 23.8 Å². The van der Waals surface area contributed by atoms with E-state index >= 15 is 0 Å². The van der Waals surface area contributed by atoms with E-state index in [0.29, 0.717) is 25.3 Å². The van der Waals surface area contributed by atoms with Crippen LogP contribution >= 0.6 is 11.6 Å². The number of benzene rings is 1. The molecule has 26 heavy (non-hydrogen) atoms. The van der Waals surface area contributed by atoms with Crippen molar-refractivity contribution in [1.29, 1.82) is 0 Å². The van der Waals surface area contributed by atoms with Crippen LogP contribution in [0, 0.1) is 11.7 Å². The molecule has 146 valence electrons. The van der Waals surface area contributed by atoms with Gasteiger partial charge in [-0.1, -0.05) is 37.1 Å². The molecule has 0 spiro atoms. The molecular formula is C19H27ClFNO4. The average molecular weight is 388 g/mol. The Hall–Kier alpha value is -1.37. The molecule has 2 rings (SSSR count). The zero-order valence-corrected chi connectivity index (χ0v) is 15.9. The molecule has 0 aliphatic carbocycles. The second kappa shape index (κ2) is 10.7. The summed E-state index contributed by atoms with van der Waals surface area (Å²) >= 11 is 5.92. The van der Waals surface area contributed by atoms with Gasteiger partial charge in [-0.25, -0.2) is 9.18 Å². The fourth-order valence-electron chi connectivity index (χ4n) is 3.22. The molecule has 1 aliphatic heterocycles. The Kier molecular flexibility index (Phi) is 8.62. The highest BCUT2D eigenvalue weighted by atomic mass is 35.5. The van der Waals surface area contributed by atoms with Crippen molar-refractivity contribution in [1.82, 2.24) is 4.90 Å². The number of aliphatic hydroxyl groups is 1. The smallest absolute Gasteiger partial charge is 0.409 e. The van der Waals surface area contributed by atoms with E-state index in [1.165, 1.54) is 6.07 Å². The van der Waals surface area contributed by atoms with Crippen LogP contribution in [0.2, 0.25) is 5.02 Å². The SMILES string of the molecule is CCCCOC(=O)N1CCCC(C(OCCO)c2cccc(Cl)c2F)C1. The summed E-state index contributed by atoms with van der Waals surface area (Å²) in [5.41, 5.74) is 0.358. The number of hydrogen-bond donors (Lipinski definition) is 1. The lowest BCUT2D eigenvalue weighted by atomic mass is 9.88. The second-order valence-electron chi connectivity index (χ2n) is 6.47. The van der Waals surface area contributed by atoms with Crippen molar-refractivity contribution >= 4 is 17.7 Å². The molecule has 0 radical (unpaired) electrons. The summed E-state index contributed by atoms with van der Waals surface area (Å²) in [4.78, 5) is 13.9. The van der Waals surface area contributed by atoms with Crippen molar-refractivity contribution in [2.75, 3.05) is 32.9 Å². The van der Waals surface area contributed by atoms with Crippen LogP contribution in [0.3, 0.4) is 0 Å². The fourth-order valence-corrected chi connectivity index (χ4v) is 3.40. The number of halogens is 2. The normalized spacial score (nSPS) is 18.6. The van der Waals surface area contributed by atoms with Gasteiger partial charge in [-0.05, 0) is 25.3 Å². The molecule has 1 aromatic rings. The van der Waals surface area contributed by atoms with Crippen molar-refractivity contribution in [2.24, 2.45) is 5.92 Å². The number of likely N-dealkylation sites (tertiary alicyclic amines) is 1. The Balaban J connectivity index is 2.11. The molecule has 7 heteroatoms. The maximum absolute atomic E-state index is 14.5. The van der Waals surface area contributed by atoms with E-state index in [2.05, 4.69) is 0 Å². The maximum atomic E-state index is 14.5. The van der Waals surface area contributed by atoms with Gasteiger partial charge in [0.05, 0.1) is 30.9 Å². The first-order chi connectivity index (χ1) is 12.6. The predicted octanol–water partition coefficient (Wildman–Crippen LogP) is 4.18. The van der Waals surface area contributed by atoms with Gasteiger partial charge in [0.1, 0.15) is 5.82 Å². The van der Waals surface area contributed by atoms with Gasteiger partial charge < -0.3 is 19.5 Å². The molecule has 1 aliphatic rings. The standard InChI is InChI=1S/C19H27ClFNO4/c1-2-3-11-26-19(24)22-9-5-6-14(13-22)18(25-12-10-23)15-7-4-8-16(20)17(15)21/h4,7-8,14,18,23H,2-3,5-6,9-13H2,1H3. The van der Waals surface area contributed by atoms with Gasteiger partial charge in [-0.3, -0.25) is 0 Å². The Labute approximate surface area is 159 Å². The number of carbonyl (C=O) groups excluding carboxylic acids is 1. The van der Waals surface area contributed by atoms with E-state index in [4.69, 9.17) is 26.2 Å². The Morgan fingerprint density at radius 2 is 2.27 bits per heavy atom. The number of rotatable bonds is 8. The summed E-state index contributed by atoms with van der Waals surface area (Å²) in [5.74, 6) is -0.609. The van der Waals surface area contributed by atoms with Gasteiger partial charge in [-0.15, -0.1) is 0 Å². The van der Waals surface area contributed by atoms with E-state index in [-0.39, 0.29) is 30.2 Å². The molecule has 0 bridgehead atoms. The topological polar surface area (TPSA) is 59.0 Å². The third kappa shape index (κ3) is 5.56. The lowest BCUT2D eigenvalue weighted by Gasteiger charge is -2.36. The molecule has 1 amide bonds. The number of hydrogen-bond acceptors (Lipinski definition) is 4. The predicted molar refractivity (Wildman–Crippen MR) is 97.7 cm³/mol. The molecule has 5 nitrogen and oxygen atoms in total. The van der Waals surface area contributed by atoms with Crippen LogP contribution < -0.4 is 0 Å². The Morgan fingerprint density at radius 1 is 1.46 bits per heavy atom. The quantitative estimate of drug-likeness (QED) is 0.680. The van der Waals surface area contributed by atoms with E-state index in [0.717, 1.165) is 25.7 Å². The second-order valence-corrected chi connectivity index (χ2v) is 6.88.